The summed E-state index contributed by atoms with van der Waals surface area (Å²) in [4.78, 5) is 17.1. The highest BCUT2D eigenvalue weighted by atomic mass is 32.2. The molecular formula is C20H19N3O4S2. The topological polar surface area (TPSA) is 97.4 Å². The van der Waals surface area contributed by atoms with Crippen molar-refractivity contribution in [3.05, 3.63) is 52.4 Å². The summed E-state index contributed by atoms with van der Waals surface area (Å²) >= 11 is 1.26. The van der Waals surface area contributed by atoms with Crippen LogP contribution < -0.4 is 14.8 Å². The highest BCUT2D eigenvalue weighted by Crippen LogP contribution is 2.36. The second-order valence-electron chi connectivity index (χ2n) is 6.85. The molecule has 0 saturated heterocycles. The van der Waals surface area contributed by atoms with Gasteiger partial charge in [-0.25, -0.2) is 13.4 Å². The summed E-state index contributed by atoms with van der Waals surface area (Å²) in [5, 5.41) is 3.06. The Balaban J connectivity index is 1.66. The van der Waals surface area contributed by atoms with Crippen LogP contribution in [0.4, 0.5) is 10.8 Å². The second kappa shape index (κ2) is 7.16. The van der Waals surface area contributed by atoms with Gasteiger partial charge in [-0.2, -0.15) is 0 Å². The maximum absolute atomic E-state index is 12.9. The summed E-state index contributed by atoms with van der Waals surface area (Å²) in [6.07, 6.45) is 0. The van der Waals surface area contributed by atoms with Gasteiger partial charge in [0.2, 0.25) is 0 Å². The Hall–Kier alpha value is -2.91. The van der Waals surface area contributed by atoms with Crippen LogP contribution >= 0.6 is 11.3 Å². The Morgan fingerprint density at radius 2 is 1.93 bits per heavy atom. The lowest BCUT2D eigenvalue weighted by molar-refractivity contribution is -0.118. The van der Waals surface area contributed by atoms with Crippen LogP contribution in [-0.4, -0.2) is 25.9 Å². The molecule has 0 radical (unpaired) electrons. The van der Waals surface area contributed by atoms with E-state index in [1.807, 2.05) is 26.0 Å². The monoisotopic (exact) mass is 429 g/mol. The van der Waals surface area contributed by atoms with Crippen LogP contribution in [0.15, 0.2) is 41.3 Å². The molecule has 2 heterocycles. The minimum atomic E-state index is -3.75. The maximum atomic E-state index is 12.9. The molecule has 0 fully saturated rings. The number of rotatable bonds is 4. The van der Waals surface area contributed by atoms with Gasteiger partial charge in [0.05, 0.1) is 16.3 Å². The fourth-order valence-corrected chi connectivity index (χ4v) is 5.51. The molecule has 3 aromatic rings. The molecule has 0 spiro atoms. The zero-order valence-corrected chi connectivity index (χ0v) is 17.7. The molecule has 7 nitrogen and oxygen atoms in total. The van der Waals surface area contributed by atoms with E-state index in [2.05, 4.69) is 15.0 Å². The van der Waals surface area contributed by atoms with E-state index in [0.717, 1.165) is 16.0 Å². The third-order valence-corrected chi connectivity index (χ3v) is 7.03. The number of anilines is 2. The molecule has 150 valence electrons. The lowest BCUT2D eigenvalue weighted by Gasteiger charge is -2.18. The number of nitrogens with one attached hydrogen (secondary N) is 2. The van der Waals surface area contributed by atoms with Gasteiger partial charge in [0.25, 0.3) is 15.9 Å². The van der Waals surface area contributed by atoms with Crippen molar-refractivity contribution >= 4 is 38.1 Å². The van der Waals surface area contributed by atoms with Crippen molar-refractivity contribution in [2.75, 3.05) is 16.6 Å². The quantitative estimate of drug-likeness (QED) is 0.656. The first-order valence-corrected chi connectivity index (χ1v) is 11.2. The first kappa shape index (κ1) is 19.4. The molecular weight excluding hydrogens is 410 g/mol. The third-order valence-electron chi connectivity index (χ3n) is 4.54. The molecule has 0 saturated carbocycles. The Morgan fingerprint density at radius 1 is 1.14 bits per heavy atom. The van der Waals surface area contributed by atoms with Gasteiger partial charge in [-0.1, -0.05) is 12.1 Å². The Bertz CT molecular complexity index is 1230. The summed E-state index contributed by atoms with van der Waals surface area (Å²) in [6.45, 7) is 5.47. The van der Waals surface area contributed by atoms with Gasteiger partial charge in [-0.05, 0) is 56.2 Å². The number of nitrogens with zero attached hydrogens (tertiary/aromatic N) is 1. The molecule has 4 rings (SSSR count). The predicted octanol–water partition coefficient (Wildman–Crippen LogP) is 3.87. The molecule has 0 atom stereocenters. The van der Waals surface area contributed by atoms with Crippen molar-refractivity contribution in [2.24, 2.45) is 0 Å². The van der Waals surface area contributed by atoms with E-state index in [1.54, 1.807) is 31.2 Å². The predicted molar refractivity (Wildman–Crippen MR) is 113 cm³/mol. The highest BCUT2D eigenvalue weighted by molar-refractivity contribution is 7.93. The lowest BCUT2D eigenvalue weighted by atomic mass is 10.1. The van der Waals surface area contributed by atoms with E-state index < -0.39 is 10.0 Å². The number of carbonyl (C=O) groups is 1. The largest absolute Gasteiger partial charge is 0.482 e. The van der Waals surface area contributed by atoms with Gasteiger partial charge in [-0.15, -0.1) is 11.3 Å². The Kier molecular flexibility index (Phi) is 4.79. The van der Waals surface area contributed by atoms with E-state index in [0.29, 0.717) is 22.7 Å². The van der Waals surface area contributed by atoms with E-state index in [9.17, 15) is 13.2 Å². The smallest absolute Gasteiger partial charge is 0.263 e. The molecule has 0 bridgehead atoms. The van der Waals surface area contributed by atoms with Crippen molar-refractivity contribution < 1.29 is 17.9 Å². The van der Waals surface area contributed by atoms with Crippen LogP contribution in [0.3, 0.4) is 0 Å². The molecule has 1 aromatic heterocycles. The highest BCUT2D eigenvalue weighted by Gasteiger charge is 2.21. The van der Waals surface area contributed by atoms with Gasteiger partial charge in [0.1, 0.15) is 5.75 Å². The SMILES string of the molecule is Cc1ccc(C)c(S(=O)(=O)Nc2nc(-c3ccc4c(c3)NC(=O)CO4)c(C)s2)c1. The summed E-state index contributed by atoms with van der Waals surface area (Å²) < 4.78 is 33.7. The zero-order chi connectivity index (χ0) is 20.8. The number of amides is 1. The van der Waals surface area contributed by atoms with Crippen LogP contribution in [0, 0.1) is 20.8 Å². The number of aromatic nitrogens is 1. The standard InChI is InChI=1S/C20H19N3O4S2/c1-11-4-5-12(2)17(8-11)29(25,26)23-20-22-19(13(3)28-20)14-6-7-16-15(9-14)21-18(24)10-27-16/h4-9H,10H2,1-3H3,(H,21,24)(H,22,23). The number of thiazole rings is 1. The van der Waals surface area contributed by atoms with Crippen LogP contribution in [0.5, 0.6) is 5.75 Å². The van der Waals surface area contributed by atoms with Gasteiger partial charge in [0, 0.05) is 10.4 Å². The first-order chi connectivity index (χ1) is 13.7. The molecule has 0 unspecified atom stereocenters. The number of fused-ring (bicyclic) bond motifs is 1. The van der Waals surface area contributed by atoms with Gasteiger partial charge >= 0.3 is 0 Å². The second-order valence-corrected chi connectivity index (χ2v) is 9.70. The zero-order valence-electron chi connectivity index (χ0n) is 16.1. The fourth-order valence-electron chi connectivity index (χ4n) is 3.11. The number of hydrogen-bond donors (Lipinski definition) is 2. The minimum Gasteiger partial charge on any atom is -0.482 e. The van der Waals surface area contributed by atoms with Gasteiger partial charge < -0.3 is 10.1 Å². The molecule has 2 N–H and O–H groups in total. The first-order valence-electron chi connectivity index (χ1n) is 8.87. The molecule has 29 heavy (non-hydrogen) atoms. The maximum Gasteiger partial charge on any atom is 0.263 e. The fraction of sp³-hybridized carbons (Fsp3) is 0.200. The van der Waals surface area contributed by atoms with E-state index in [-0.39, 0.29) is 22.5 Å². The number of aryl methyl sites for hydroxylation is 3. The van der Waals surface area contributed by atoms with Crippen molar-refractivity contribution in [1.82, 2.24) is 4.98 Å². The van der Waals surface area contributed by atoms with Crippen LogP contribution in [-0.2, 0) is 14.8 Å². The van der Waals surface area contributed by atoms with Crippen LogP contribution in [0.2, 0.25) is 0 Å². The number of benzene rings is 2. The summed E-state index contributed by atoms with van der Waals surface area (Å²) in [6, 6.07) is 10.7. The van der Waals surface area contributed by atoms with Crippen molar-refractivity contribution in [1.29, 1.82) is 0 Å². The molecule has 9 heteroatoms. The van der Waals surface area contributed by atoms with E-state index >= 15 is 0 Å². The number of carbonyl (C=O) groups excluding carboxylic acids is 1. The number of ether oxygens (including phenoxy) is 1. The summed E-state index contributed by atoms with van der Waals surface area (Å²) in [7, 11) is -3.75. The third kappa shape index (κ3) is 3.83. The van der Waals surface area contributed by atoms with Crippen LogP contribution in [0.1, 0.15) is 16.0 Å². The van der Waals surface area contributed by atoms with Crippen molar-refractivity contribution in [3.8, 4) is 17.0 Å². The average molecular weight is 430 g/mol. The minimum absolute atomic E-state index is 0.00756. The normalized spacial score (nSPS) is 13.4. The van der Waals surface area contributed by atoms with Gasteiger partial charge in [-0.3, -0.25) is 9.52 Å². The molecule has 1 amide bonds. The van der Waals surface area contributed by atoms with E-state index in [1.165, 1.54) is 11.3 Å². The molecule has 1 aliphatic rings. The Morgan fingerprint density at radius 3 is 2.72 bits per heavy atom. The molecule has 1 aliphatic heterocycles. The Labute approximate surface area is 172 Å². The van der Waals surface area contributed by atoms with Crippen molar-refractivity contribution in [2.45, 2.75) is 25.7 Å². The van der Waals surface area contributed by atoms with Gasteiger partial charge in [0.15, 0.2) is 11.7 Å². The van der Waals surface area contributed by atoms with E-state index in [4.69, 9.17) is 4.74 Å². The average Bonchev–Trinajstić information content (AvgIpc) is 3.02. The number of sulfonamides is 1. The van der Waals surface area contributed by atoms with Crippen LogP contribution in [0.25, 0.3) is 11.3 Å². The number of hydrogen-bond acceptors (Lipinski definition) is 6. The molecule has 0 aliphatic carbocycles. The summed E-state index contributed by atoms with van der Waals surface area (Å²) in [5.74, 6) is 0.378. The molecule has 2 aromatic carbocycles. The van der Waals surface area contributed by atoms with Crippen molar-refractivity contribution in [3.63, 3.8) is 0 Å². The summed E-state index contributed by atoms with van der Waals surface area (Å²) in [5.41, 5.74) is 3.52. The lowest BCUT2D eigenvalue weighted by Crippen LogP contribution is -2.25.